The van der Waals surface area contributed by atoms with Crippen LogP contribution in [0.2, 0.25) is 0 Å². The van der Waals surface area contributed by atoms with Crippen LogP contribution in [-0.2, 0) is 4.52 Å². The summed E-state index contributed by atoms with van der Waals surface area (Å²) in [6.45, 7) is 11.7. The fraction of sp³-hybridized carbons (Fsp3) is 0.263. The van der Waals surface area contributed by atoms with Crippen molar-refractivity contribution in [2.45, 2.75) is 53.9 Å². The van der Waals surface area contributed by atoms with Gasteiger partial charge in [0.15, 0.2) is 0 Å². The Labute approximate surface area is 252 Å². The molecule has 0 amide bonds. The standard InChI is InChI=1S/C38H44ClOP/c1-31(26-27-37-33(3)19-16-29-38(37,4)5)17-15-18-32(2)28-30-40-41(39,34-20-9-6-10-21-34,35-22-11-7-12-23-35)36-24-13-8-14-25-36/h6-15,17-18,20-28H,16,19,29-30H2,1-5H3. The Balaban J connectivity index is 1.57. The van der Waals surface area contributed by atoms with E-state index < -0.39 is 6.18 Å². The van der Waals surface area contributed by atoms with Gasteiger partial charge in [-0.1, -0.05) is 13.8 Å². The van der Waals surface area contributed by atoms with Crippen LogP contribution in [0, 0.1) is 5.41 Å². The summed E-state index contributed by atoms with van der Waals surface area (Å²) in [5, 5.41) is 2.99. The Morgan fingerprint density at radius 1 is 0.805 bits per heavy atom. The fourth-order valence-corrected chi connectivity index (χ4v) is 10.8. The summed E-state index contributed by atoms with van der Waals surface area (Å²) < 4.78 is 6.96. The predicted octanol–water partition coefficient (Wildman–Crippen LogP) is 10.1. The second-order valence-corrected chi connectivity index (χ2v) is 17.3. The van der Waals surface area contributed by atoms with Crippen LogP contribution in [0.4, 0.5) is 0 Å². The molecule has 0 saturated carbocycles. The van der Waals surface area contributed by atoms with Crippen LogP contribution in [-0.4, -0.2) is 6.61 Å². The normalized spacial score (nSPS) is 17.7. The topological polar surface area (TPSA) is 9.23 Å². The molecule has 0 radical (unpaired) electrons. The number of rotatable bonds is 10. The molecule has 3 aromatic carbocycles. The van der Waals surface area contributed by atoms with Gasteiger partial charge < -0.3 is 0 Å². The average Bonchev–Trinajstić information content (AvgIpc) is 2.98. The molecule has 0 saturated heterocycles. The van der Waals surface area contributed by atoms with Gasteiger partial charge in [0.1, 0.15) is 0 Å². The second-order valence-electron chi connectivity index (χ2n) is 11.7. The van der Waals surface area contributed by atoms with Gasteiger partial charge in [-0.3, -0.25) is 0 Å². The predicted molar refractivity (Wildman–Crippen MR) is 183 cm³/mol. The minimum absolute atomic E-state index is 0.256. The van der Waals surface area contributed by atoms with E-state index >= 15 is 0 Å². The van der Waals surface area contributed by atoms with E-state index in [9.17, 15) is 0 Å². The van der Waals surface area contributed by atoms with E-state index in [0.717, 1.165) is 21.5 Å². The summed E-state index contributed by atoms with van der Waals surface area (Å²) in [5.74, 6) is 0. The van der Waals surface area contributed by atoms with E-state index in [0.29, 0.717) is 6.61 Å². The van der Waals surface area contributed by atoms with Crippen LogP contribution >= 0.6 is 17.4 Å². The van der Waals surface area contributed by atoms with Crippen molar-refractivity contribution in [3.05, 3.63) is 150 Å². The van der Waals surface area contributed by atoms with E-state index in [1.807, 2.05) is 54.6 Å². The van der Waals surface area contributed by atoms with E-state index in [4.69, 9.17) is 15.8 Å². The van der Waals surface area contributed by atoms with Gasteiger partial charge in [0.25, 0.3) is 0 Å². The summed E-state index contributed by atoms with van der Waals surface area (Å²) >= 11 is 7.97. The molecule has 214 valence electrons. The van der Waals surface area contributed by atoms with Crippen molar-refractivity contribution in [3.63, 3.8) is 0 Å². The Morgan fingerprint density at radius 2 is 1.32 bits per heavy atom. The Morgan fingerprint density at radius 3 is 1.80 bits per heavy atom. The molecule has 3 heteroatoms. The molecule has 0 aliphatic heterocycles. The molecule has 0 atom stereocenters. The van der Waals surface area contributed by atoms with Gasteiger partial charge in [-0.2, -0.15) is 0 Å². The summed E-state index contributed by atoms with van der Waals surface area (Å²) in [4.78, 5) is 0. The monoisotopic (exact) mass is 582 g/mol. The van der Waals surface area contributed by atoms with Crippen LogP contribution in [0.25, 0.3) is 0 Å². The number of halogens is 1. The molecule has 41 heavy (non-hydrogen) atoms. The maximum atomic E-state index is 7.97. The molecule has 1 aliphatic carbocycles. The number of allylic oxidation sites excluding steroid dienone is 9. The molecule has 0 N–H and O–H groups in total. The van der Waals surface area contributed by atoms with Crippen molar-refractivity contribution in [3.8, 4) is 0 Å². The summed E-state index contributed by atoms with van der Waals surface area (Å²) in [7, 11) is 0. The van der Waals surface area contributed by atoms with Crippen molar-refractivity contribution in [1.29, 1.82) is 0 Å². The second kappa shape index (κ2) is 13.3. The van der Waals surface area contributed by atoms with E-state index in [-0.39, 0.29) is 5.41 Å². The first kappa shape index (κ1) is 31.0. The molecule has 0 unspecified atom stereocenters. The Hall–Kier alpha value is -2.96. The molecule has 3 aromatic rings. The van der Waals surface area contributed by atoms with Gasteiger partial charge in [-0.05, 0) is 26.2 Å². The van der Waals surface area contributed by atoms with E-state index in [1.54, 1.807) is 0 Å². The minimum atomic E-state index is -3.72. The zero-order chi connectivity index (χ0) is 29.4. The fourth-order valence-electron chi connectivity index (χ4n) is 5.76. The van der Waals surface area contributed by atoms with Crippen molar-refractivity contribution in [2.24, 2.45) is 5.41 Å². The van der Waals surface area contributed by atoms with E-state index in [2.05, 4.69) is 107 Å². The third-order valence-corrected chi connectivity index (χ3v) is 14.5. The first-order valence-corrected chi connectivity index (χ1v) is 17.7. The molecular weight excluding hydrogens is 539 g/mol. The van der Waals surface area contributed by atoms with Crippen LogP contribution in [0.15, 0.2) is 150 Å². The quantitative estimate of drug-likeness (QED) is 0.171. The molecule has 0 fully saturated rings. The van der Waals surface area contributed by atoms with Gasteiger partial charge in [-0.15, -0.1) is 0 Å². The third-order valence-electron chi connectivity index (χ3n) is 8.15. The summed E-state index contributed by atoms with van der Waals surface area (Å²) in [6.07, 6.45) is 13.1. The molecule has 0 aromatic heterocycles. The zero-order valence-corrected chi connectivity index (χ0v) is 26.8. The van der Waals surface area contributed by atoms with Gasteiger partial charge in [0.2, 0.25) is 0 Å². The first-order valence-electron chi connectivity index (χ1n) is 14.6. The van der Waals surface area contributed by atoms with Gasteiger partial charge in [0.05, 0.1) is 0 Å². The number of hydrogen-bond acceptors (Lipinski definition) is 1. The van der Waals surface area contributed by atoms with Gasteiger partial charge in [-0.25, -0.2) is 0 Å². The molecule has 0 spiro atoms. The van der Waals surface area contributed by atoms with Crippen LogP contribution < -0.4 is 15.9 Å². The molecule has 0 heterocycles. The zero-order valence-electron chi connectivity index (χ0n) is 25.2. The molecule has 1 aliphatic rings. The van der Waals surface area contributed by atoms with Crippen LogP contribution in [0.1, 0.15) is 53.9 Å². The van der Waals surface area contributed by atoms with Crippen molar-refractivity contribution in [2.75, 3.05) is 6.61 Å². The van der Waals surface area contributed by atoms with Crippen molar-refractivity contribution < 1.29 is 4.52 Å². The maximum absolute atomic E-state index is 7.97. The average molecular weight is 583 g/mol. The molecule has 1 nitrogen and oxygen atoms in total. The molecular formula is C38H44ClOP. The van der Waals surface area contributed by atoms with Gasteiger partial charge in [0, 0.05) is 0 Å². The first-order chi connectivity index (χ1) is 19.6. The van der Waals surface area contributed by atoms with Crippen LogP contribution in [0.5, 0.6) is 0 Å². The molecule has 4 rings (SSSR count). The molecule has 0 bridgehead atoms. The van der Waals surface area contributed by atoms with Crippen molar-refractivity contribution >= 4 is 33.3 Å². The Kier molecular flexibility index (Phi) is 10.1. The SMILES string of the molecule is CC(C=CC1=C(C)CCCC1(C)C)=CC=CC(C)=CCOP(Cl)(c1ccccc1)(c1ccccc1)c1ccccc1. The Bertz CT molecular complexity index is 1360. The van der Waals surface area contributed by atoms with Gasteiger partial charge >= 0.3 is 213 Å². The van der Waals surface area contributed by atoms with Crippen molar-refractivity contribution in [1.82, 2.24) is 0 Å². The summed E-state index contributed by atoms with van der Waals surface area (Å²) in [5.41, 5.74) is 5.63. The van der Waals surface area contributed by atoms with Crippen LogP contribution in [0.3, 0.4) is 0 Å². The number of benzene rings is 3. The number of hydrogen-bond donors (Lipinski definition) is 0. The van der Waals surface area contributed by atoms with E-state index in [1.165, 1.54) is 36.0 Å². The summed E-state index contributed by atoms with van der Waals surface area (Å²) in [6, 6.07) is 30.8. The third kappa shape index (κ3) is 6.92.